The summed E-state index contributed by atoms with van der Waals surface area (Å²) in [6.45, 7) is 2.62. The standard InChI is InChI=1S/C21H21Cl2N3O4/c22-14-5-6-15(23)16(11-14)24-20(27)12-25-7-9-26(10-8-25)21(28)19-13-29-17-3-1-2-4-18(17)30-19/h1-6,11,19H,7-10,12-13H2,(H,24,27)/t19-/m0/s1. The summed E-state index contributed by atoms with van der Waals surface area (Å²) in [6.07, 6.45) is -0.653. The first kappa shape index (κ1) is 20.8. The molecule has 1 N–H and O–H groups in total. The van der Waals surface area contributed by atoms with Crippen molar-refractivity contribution in [2.75, 3.05) is 44.6 Å². The maximum absolute atomic E-state index is 12.8. The number of rotatable bonds is 4. The van der Waals surface area contributed by atoms with Crippen LogP contribution in [-0.4, -0.2) is 67.0 Å². The van der Waals surface area contributed by atoms with Gasteiger partial charge in [-0.15, -0.1) is 0 Å². The lowest BCUT2D eigenvalue weighted by molar-refractivity contribution is -0.143. The summed E-state index contributed by atoms with van der Waals surface area (Å²) in [5.41, 5.74) is 0.484. The second-order valence-corrected chi connectivity index (χ2v) is 7.98. The number of piperazine rings is 1. The lowest BCUT2D eigenvalue weighted by Gasteiger charge is -2.36. The van der Waals surface area contributed by atoms with Gasteiger partial charge in [0.2, 0.25) is 12.0 Å². The van der Waals surface area contributed by atoms with Crippen LogP contribution in [0.1, 0.15) is 0 Å². The van der Waals surface area contributed by atoms with E-state index >= 15 is 0 Å². The largest absolute Gasteiger partial charge is 0.485 e. The highest BCUT2D eigenvalue weighted by atomic mass is 35.5. The Kier molecular flexibility index (Phi) is 6.32. The van der Waals surface area contributed by atoms with Crippen LogP contribution < -0.4 is 14.8 Å². The van der Waals surface area contributed by atoms with Crippen molar-refractivity contribution in [2.24, 2.45) is 0 Å². The van der Waals surface area contributed by atoms with Crippen LogP contribution in [0.25, 0.3) is 0 Å². The molecule has 0 saturated carbocycles. The topological polar surface area (TPSA) is 71.1 Å². The highest BCUT2D eigenvalue weighted by Crippen LogP contribution is 2.31. The quantitative estimate of drug-likeness (QED) is 0.776. The number of hydrogen-bond acceptors (Lipinski definition) is 5. The van der Waals surface area contributed by atoms with Gasteiger partial charge in [0.15, 0.2) is 11.5 Å². The number of amides is 2. The van der Waals surface area contributed by atoms with Crippen molar-refractivity contribution in [1.82, 2.24) is 9.80 Å². The van der Waals surface area contributed by atoms with Gasteiger partial charge in [-0.3, -0.25) is 14.5 Å². The van der Waals surface area contributed by atoms with Gasteiger partial charge in [-0.1, -0.05) is 35.3 Å². The molecule has 0 bridgehead atoms. The predicted molar refractivity (Wildman–Crippen MR) is 114 cm³/mol. The second-order valence-electron chi connectivity index (χ2n) is 7.14. The number of fused-ring (bicyclic) bond motifs is 1. The number of nitrogens with zero attached hydrogens (tertiary/aromatic N) is 2. The van der Waals surface area contributed by atoms with Crippen LogP contribution in [0.4, 0.5) is 5.69 Å². The fourth-order valence-electron chi connectivity index (χ4n) is 3.46. The molecule has 2 amide bonds. The molecule has 0 aliphatic carbocycles. The fraction of sp³-hybridized carbons (Fsp3) is 0.333. The third-order valence-electron chi connectivity index (χ3n) is 5.04. The van der Waals surface area contributed by atoms with Crippen molar-refractivity contribution in [2.45, 2.75) is 6.10 Å². The average Bonchev–Trinajstić information content (AvgIpc) is 2.76. The summed E-state index contributed by atoms with van der Waals surface area (Å²) < 4.78 is 11.4. The van der Waals surface area contributed by atoms with Crippen molar-refractivity contribution in [1.29, 1.82) is 0 Å². The molecule has 0 radical (unpaired) electrons. The van der Waals surface area contributed by atoms with Crippen molar-refractivity contribution in [3.8, 4) is 11.5 Å². The number of nitrogens with one attached hydrogen (secondary N) is 1. The molecule has 2 aliphatic rings. The van der Waals surface area contributed by atoms with Gasteiger partial charge < -0.3 is 19.7 Å². The molecule has 1 fully saturated rings. The molecule has 1 atom stereocenters. The van der Waals surface area contributed by atoms with Gasteiger partial charge in [0.25, 0.3) is 5.91 Å². The summed E-state index contributed by atoms with van der Waals surface area (Å²) in [5, 5.41) is 3.71. The smallest absolute Gasteiger partial charge is 0.267 e. The molecule has 2 heterocycles. The summed E-state index contributed by atoms with van der Waals surface area (Å²) >= 11 is 12.0. The van der Waals surface area contributed by atoms with Gasteiger partial charge in [-0.2, -0.15) is 0 Å². The van der Waals surface area contributed by atoms with Crippen molar-refractivity contribution in [3.63, 3.8) is 0 Å². The number of carbonyl (C=O) groups is 2. The number of halogens is 2. The molecule has 2 aromatic carbocycles. The zero-order chi connectivity index (χ0) is 21.1. The van der Waals surface area contributed by atoms with Gasteiger partial charge >= 0.3 is 0 Å². The van der Waals surface area contributed by atoms with Crippen LogP contribution in [-0.2, 0) is 9.59 Å². The van der Waals surface area contributed by atoms with Crippen LogP contribution in [0.15, 0.2) is 42.5 Å². The highest BCUT2D eigenvalue weighted by Gasteiger charge is 2.32. The lowest BCUT2D eigenvalue weighted by atomic mass is 10.2. The molecule has 2 aliphatic heterocycles. The minimum atomic E-state index is -0.653. The maximum Gasteiger partial charge on any atom is 0.267 e. The predicted octanol–water partition coefficient (Wildman–Crippen LogP) is 2.92. The van der Waals surface area contributed by atoms with E-state index in [9.17, 15) is 9.59 Å². The SMILES string of the molecule is O=C(CN1CCN(C(=O)[C@@H]2COc3ccccc3O2)CC1)Nc1cc(Cl)ccc1Cl. The summed E-state index contributed by atoms with van der Waals surface area (Å²) in [5.74, 6) is 0.952. The molecule has 0 spiro atoms. The third kappa shape index (κ3) is 4.80. The number of para-hydroxylation sites is 2. The molecule has 1 saturated heterocycles. The van der Waals surface area contributed by atoms with E-state index in [4.69, 9.17) is 32.7 Å². The van der Waals surface area contributed by atoms with E-state index in [-0.39, 0.29) is 25.0 Å². The Labute approximate surface area is 184 Å². The van der Waals surface area contributed by atoms with Crippen LogP contribution in [0.3, 0.4) is 0 Å². The maximum atomic E-state index is 12.8. The van der Waals surface area contributed by atoms with E-state index in [0.29, 0.717) is 53.4 Å². The number of carbonyl (C=O) groups excluding carboxylic acids is 2. The van der Waals surface area contributed by atoms with Crippen molar-refractivity contribution >= 4 is 40.7 Å². The van der Waals surface area contributed by atoms with E-state index in [1.54, 1.807) is 29.2 Å². The van der Waals surface area contributed by atoms with E-state index in [1.165, 1.54) is 0 Å². The normalized spacial score (nSPS) is 18.7. The number of hydrogen-bond donors (Lipinski definition) is 1. The number of anilines is 1. The zero-order valence-corrected chi connectivity index (χ0v) is 17.7. The van der Waals surface area contributed by atoms with Gasteiger partial charge in [0.05, 0.1) is 17.3 Å². The Bertz CT molecular complexity index is 948. The van der Waals surface area contributed by atoms with Gasteiger partial charge in [0.1, 0.15) is 6.61 Å². The van der Waals surface area contributed by atoms with Crippen molar-refractivity contribution < 1.29 is 19.1 Å². The first-order chi connectivity index (χ1) is 14.5. The summed E-state index contributed by atoms with van der Waals surface area (Å²) in [4.78, 5) is 28.9. The molecule has 30 heavy (non-hydrogen) atoms. The van der Waals surface area contributed by atoms with E-state index in [0.717, 1.165) is 0 Å². The first-order valence-corrected chi connectivity index (χ1v) is 10.4. The molecule has 7 nitrogen and oxygen atoms in total. The monoisotopic (exact) mass is 449 g/mol. The molecule has 0 unspecified atom stereocenters. The lowest BCUT2D eigenvalue weighted by Crippen LogP contribution is -2.54. The molecule has 2 aromatic rings. The van der Waals surface area contributed by atoms with E-state index < -0.39 is 6.10 Å². The van der Waals surface area contributed by atoms with Crippen molar-refractivity contribution in [3.05, 3.63) is 52.5 Å². The van der Waals surface area contributed by atoms with E-state index in [1.807, 2.05) is 23.1 Å². The second kappa shape index (κ2) is 9.12. The zero-order valence-electron chi connectivity index (χ0n) is 16.1. The molecular formula is C21H21Cl2N3O4. The fourth-order valence-corrected chi connectivity index (χ4v) is 3.79. The van der Waals surface area contributed by atoms with E-state index in [2.05, 4.69) is 5.32 Å². The highest BCUT2D eigenvalue weighted by molar-refractivity contribution is 6.35. The molecule has 9 heteroatoms. The first-order valence-electron chi connectivity index (χ1n) is 9.64. The van der Waals surface area contributed by atoms with Gasteiger partial charge in [-0.05, 0) is 30.3 Å². The minimum absolute atomic E-state index is 0.0979. The molecule has 4 rings (SSSR count). The molecule has 158 valence electrons. The molecule has 0 aromatic heterocycles. The summed E-state index contributed by atoms with van der Waals surface area (Å²) in [6, 6.07) is 12.2. The molecular weight excluding hydrogens is 429 g/mol. The Balaban J connectivity index is 1.26. The number of benzene rings is 2. The average molecular weight is 450 g/mol. The third-order valence-corrected chi connectivity index (χ3v) is 5.60. The summed E-state index contributed by atoms with van der Waals surface area (Å²) in [7, 11) is 0. The van der Waals surface area contributed by atoms with Crippen LogP contribution in [0, 0.1) is 0 Å². The Morgan fingerprint density at radius 3 is 2.53 bits per heavy atom. The van der Waals surface area contributed by atoms with Crippen LogP contribution in [0.2, 0.25) is 10.0 Å². The Morgan fingerprint density at radius 2 is 1.77 bits per heavy atom. The minimum Gasteiger partial charge on any atom is -0.485 e. The Morgan fingerprint density at radius 1 is 1.03 bits per heavy atom. The number of ether oxygens (including phenoxy) is 2. The van der Waals surface area contributed by atoms with Gasteiger partial charge in [-0.25, -0.2) is 0 Å². The van der Waals surface area contributed by atoms with Crippen LogP contribution >= 0.6 is 23.2 Å². The Hall–Kier alpha value is -2.48. The van der Waals surface area contributed by atoms with Gasteiger partial charge in [0, 0.05) is 31.2 Å². The van der Waals surface area contributed by atoms with Crippen LogP contribution in [0.5, 0.6) is 11.5 Å².